The van der Waals surface area contributed by atoms with Gasteiger partial charge in [-0.2, -0.15) is 0 Å². The van der Waals surface area contributed by atoms with Crippen molar-refractivity contribution in [3.05, 3.63) is 34.9 Å². The molecule has 3 rings (SSSR count). The zero-order valence-corrected chi connectivity index (χ0v) is 12.9. The first-order valence-electron chi connectivity index (χ1n) is 8.20. The Morgan fingerprint density at radius 3 is 2.50 bits per heavy atom. The summed E-state index contributed by atoms with van der Waals surface area (Å²) >= 11 is 0. The van der Waals surface area contributed by atoms with Gasteiger partial charge in [-0.1, -0.05) is 31.0 Å². The largest absolute Gasteiger partial charge is 0.327 e. The highest BCUT2D eigenvalue weighted by Gasteiger charge is 2.31. The molecule has 1 aromatic carbocycles. The van der Waals surface area contributed by atoms with Crippen molar-refractivity contribution >= 4 is 0 Å². The summed E-state index contributed by atoms with van der Waals surface area (Å²) in [6, 6.07) is 8.11. The fourth-order valence-electron chi connectivity index (χ4n) is 4.00. The van der Waals surface area contributed by atoms with Gasteiger partial charge in [-0.25, -0.2) is 0 Å². The van der Waals surface area contributed by atoms with Gasteiger partial charge in [0.25, 0.3) is 0 Å². The molecule has 1 aliphatic heterocycles. The van der Waals surface area contributed by atoms with Crippen LogP contribution in [0.1, 0.15) is 54.7 Å². The monoisotopic (exact) mass is 272 g/mol. The van der Waals surface area contributed by atoms with Gasteiger partial charge in [0, 0.05) is 25.2 Å². The van der Waals surface area contributed by atoms with Crippen molar-refractivity contribution in [3.8, 4) is 0 Å². The molecule has 1 aromatic rings. The van der Waals surface area contributed by atoms with Gasteiger partial charge in [0.2, 0.25) is 0 Å². The van der Waals surface area contributed by atoms with Crippen LogP contribution in [0.5, 0.6) is 0 Å². The predicted molar refractivity (Wildman–Crippen MR) is 85.1 cm³/mol. The molecule has 2 atom stereocenters. The maximum absolute atomic E-state index is 6.35. The molecule has 2 heteroatoms. The number of likely N-dealkylation sites (tertiary alicyclic amines) is 1. The SMILES string of the molecule is Cc1ccc(C2CC(N)CN(C3CCCC3)C2)cc1C. The van der Waals surface area contributed by atoms with Crippen molar-refractivity contribution in [2.45, 2.75) is 64.0 Å². The smallest absolute Gasteiger partial charge is 0.0174 e. The minimum absolute atomic E-state index is 0.343. The lowest BCUT2D eigenvalue weighted by Gasteiger charge is -2.40. The van der Waals surface area contributed by atoms with E-state index in [1.54, 1.807) is 0 Å². The molecule has 0 spiro atoms. The second-order valence-electron chi connectivity index (χ2n) is 6.93. The molecule has 0 radical (unpaired) electrons. The lowest BCUT2D eigenvalue weighted by atomic mass is 9.86. The number of benzene rings is 1. The Bertz CT molecular complexity index is 462. The molecule has 2 nitrogen and oxygen atoms in total. The van der Waals surface area contributed by atoms with E-state index in [4.69, 9.17) is 5.73 Å². The molecule has 2 aliphatic rings. The topological polar surface area (TPSA) is 29.3 Å². The molecule has 2 unspecified atom stereocenters. The Morgan fingerprint density at radius 1 is 1.05 bits per heavy atom. The van der Waals surface area contributed by atoms with Crippen LogP contribution in [0.4, 0.5) is 0 Å². The number of nitrogens with zero attached hydrogens (tertiary/aromatic N) is 1. The molecule has 110 valence electrons. The molecular weight excluding hydrogens is 244 g/mol. The summed E-state index contributed by atoms with van der Waals surface area (Å²) in [5, 5.41) is 0. The summed E-state index contributed by atoms with van der Waals surface area (Å²) in [4.78, 5) is 2.68. The third-order valence-electron chi connectivity index (χ3n) is 5.35. The maximum Gasteiger partial charge on any atom is 0.0174 e. The zero-order chi connectivity index (χ0) is 14.1. The minimum atomic E-state index is 0.343. The Balaban J connectivity index is 1.76. The molecule has 1 saturated carbocycles. The molecule has 1 heterocycles. The van der Waals surface area contributed by atoms with Crippen LogP contribution in [-0.2, 0) is 0 Å². The molecule has 20 heavy (non-hydrogen) atoms. The molecule has 2 fully saturated rings. The highest BCUT2D eigenvalue weighted by molar-refractivity contribution is 5.32. The van der Waals surface area contributed by atoms with Crippen LogP contribution in [0, 0.1) is 13.8 Å². The summed E-state index contributed by atoms with van der Waals surface area (Å²) in [6.07, 6.45) is 6.72. The first kappa shape index (κ1) is 14.1. The molecule has 0 amide bonds. The van der Waals surface area contributed by atoms with E-state index in [2.05, 4.69) is 36.9 Å². The highest BCUT2D eigenvalue weighted by atomic mass is 15.2. The number of aryl methyl sites for hydroxylation is 2. The van der Waals surface area contributed by atoms with Crippen molar-refractivity contribution in [2.75, 3.05) is 13.1 Å². The number of rotatable bonds is 2. The maximum atomic E-state index is 6.35. The first-order chi connectivity index (χ1) is 9.63. The van der Waals surface area contributed by atoms with E-state index >= 15 is 0 Å². The first-order valence-corrected chi connectivity index (χ1v) is 8.20. The summed E-state index contributed by atoms with van der Waals surface area (Å²) in [5.41, 5.74) is 10.6. The van der Waals surface area contributed by atoms with Gasteiger partial charge in [-0.05, 0) is 55.7 Å². The van der Waals surface area contributed by atoms with E-state index in [-0.39, 0.29) is 0 Å². The molecular formula is C18H28N2. The average Bonchev–Trinajstić information content (AvgIpc) is 2.95. The van der Waals surface area contributed by atoms with Gasteiger partial charge in [0.15, 0.2) is 0 Å². The normalized spacial score (nSPS) is 28.9. The number of piperidine rings is 1. The van der Waals surface area contributed by atoms with E-state index in [1.807, 2.05) is 0 Å². The van der Waals surface area contributed by atoms with E-state index in [0.29, 0.717) is 12.0 Å². The van der Waals surface area contributed by atoms with E-state index in [1.165, 1.54) is 48.9 Å². The Kier molecular flexibility index (Phi) is 4.13. The average molecular weight is 272 g/mol. The Morgan fingerprint density at radius 2 is 1.80 bits per heavy atom. The number of nitrogens with two attached hydrogens (primary N) is 1. The Hall–Kier alpha value is -0.860. The third kappa shape index (κ3) is 2.91. The van der Waals surface area contributed by atoms with E-state index in [0.717, 1.165) is 19.0 Å². The standard InChI is InChI=1S/C18H28N2/c1-13-7-8-15(9-14(13)2)16-10-17(19)12-20(11-16)18-5-3-4-6-18/h7-9,16-18H,3-6,10-12,19H2,1-2H3. The second-order valence-corrected chi connectivity index (χ2v) is 6.93. The summed E-state index contributed by atoms with van der Waals surface area (Å²) < 4.78 is 0. The van der Waals surface area contributed by atoms with Crippen molar-refractivity contribution in [2.24, 2.45) is 5.73 Å². The molecule has 2 N–H and O–H groups in total. The quantitative estimate of drug-likeness (QED) is 0.894. The third-order valence-corrected chi connectivity index (χ3v) is 5.35. The van der Waals surface area contributed by atoms with Crippen LogP contribution >= 0.6 is 0 Å². The van der Waals surface area contributed by atoms with Crippen LogP contribution in [0.15, 0.2) is 18.2 Å². The second kappa shape index (κ2) is 5.87. The van der Waals surface area contributed by atoms with Gasteiger partial charge in [0.05, 0.1) is 0 Å². The summed E-state index contributed by atoms with van der Waals surface area (Å²) in [5.74, 6) is 0.624. The fourth-order valence-corrected chi connectivity index (χ4v) is 4.00. The predicted octanol–water partition coefficient (Wildman–Crippen LogP) is 3.36. The van der Waals surface area contributed by atoms with Crippen LogP contribution in [-0.4, -0.2) is 30.1 Å². The van der Waals surface area contributed by atoms with Crippen molar-refractivity contribution in [3.63, 3.8) is 0 Å². The Labute approximate surface area is 123 Å². The van der Waals surface area contributed by atoms with Gasteiger partial charge in [-0.3, -0.25) is 4.90 Å². The summed E-state index contributed by atoms with van der Waals surface area (Å²) in [6.45, 7) is 6.72. The van der Waals surface area contributed by atoms with Gasteiger partial charge in [-0.15, -0.1) is 0 Å². The lowest BCUT2D eigenvalue weighted by molar-refractivity contribution is 0.136. The van der Waals surface area contributed by atoms with Gasteiger partial charge in [0.1, 0.15) is 0 Å². The van der Waals surface area contributed by atoms with Crippen LogP contribution < -0.4 is 5.73 Å². The summed E-state index contributed by atoms with van der Waals surface area (Å²) in [7, 11) is 0. The van der Waals surface area contributed by atoms with Crippen LogP contribution in [0.3, 0.4) is 0 Å². The highest BCUT2D eigenvalue weighted by Crippen LogP contribution is 2.32. The molecule has 1 aliphatic carbocycles. The zero-order valence-electron chi connectivity index (χ0n) is 12.9. The van der Waals surface area contributed by atoms with E-state index in [9.17, 15) is 0 Å². The van der Waals surface area contributed by atoms with Crippen molar-refractivity contribution in [1.82, 2.24) is 4.90 Å². The van der Waals surface area contributed by atoms with Crippen molar-refractivity contribution in [1.29, 1.82) is 0 Å². The number of hydrogen-bond donors (Lipinski definition) is 1. The van der Waals surface area contributed by atoms with Crippen LogP contribution in [0.2, 0.25) is 0 Å². The lowest BCUT2D eigenvalue weighted by Crippen LogP contribution is -2.49. The number of hydrogen-bond acceptors (Lipinski definition) is 2. The van der Waals surface area contributed by atoms with Gasteiger partial charge < -0.3 is 5.73 Å². The molecule has 0 bridgehead atoms. The van der Waals surface area contributed by atoms with Gasteiger partial charge >= 0.3 is 0 Å². The fraction of sp³-hybridized carbons (Fsp3) is 0.667. The minimum Gasteiger partial charge on any atom is -0.327 e. The van der Waals surface area contributed by atoms with E-state index < -0.39 is 0 Å². The molecule has 1 saturated heterocycles. The molecule has 0 aromatic heterocycles. The van der Waals surface area contributed by atoms with Crippen molar-refractivity contribution < 1.29 is 0 Å². The van der Waals surface area contributed by atoms with Crippen LogP contribution in [0.25, 0.3) is 0 Å².